The first-order chi connectivity index (χ1) is 11.7. The third-order valence-corrected chi connectivity index (χ3v) is 6.69. The number of hydrogen-bond donors (Lipinski definition) is 0. The van der Waals surface area contributed by atoms with E-state index in [4.69, 9.17) is 0 Å². The molecule has 0 saturated carbocycles. The second-order valence-electron chi connectivity index (χ2n) is 7.06. The smallest absolute Gasteiger partial charge is 0.219 e. The van der Waals surface area contributed by atoms with Gasteiger partial charge in [-0.2, -0.15) is 0 Å². The van der Waals surface area contributed by atoms with Gasteiger partial charge in [-0.15, -0.1) is 11.3 Å². The molecule has 126 valence electrons. The Morgan fingerprint density at radius 2 is 1.96 bits per heavy atom. The number of rotatable bonds is 3. The van der Waals surface area contributed by atoms with Crippen LogP contribution in [0.3, 0.4) is 0 Å². The van der Waals surface area contributed by atoms with E-state index >= 15 is 0 Å². The molecule has 4 heteroatoms. The molecular weight excluding hydrogens is 316 g/mol. The second kappa shape index (κ2) is 6.34. The number of fused-ring (bicyclic) bond motifs is 1. The molecule has 0 unspecified atom stereocenters. The average molecular weight is 340 g/mol. The Hall–Kier alpha value is -1.65. The summed E-state index contributed by atoms with van der Waals surface area (Å²) >= 11 is 1.82. The van der Waals surface area contributed by atoms with Crippen LogP contribution in [0.25, 0.3) is 0 Å². The number of piperidine rings is 1. The zero-order valence-electron chi connectivity index (χ0n) is 14.1. The monoisotopic (exact) mass is 340 g/mol. The Kier molecular flexibility index (Phi) is 4.19. The normalized spacial score (nSPS) is 27.2. The van der Waals surface area contributed by atoms with Gasteiger partial charge < -0.3 is 4.90 Å². The Morgan fingerprint density at radius 3 is 2.67 bits per heavy atom. The summed E-state index contributed by atoms with van der Waals surface area (Å²) in [4.78, 5) is 18.3. The molecule has 3 heterocycles. The van der Waals surface area contributed by atoms with Crippen LogP contribution >= 0.6 is 11.3 Å². The average Bonchev–Trinajstić information content (AvgIpc) is 3.23. The Labute approximate surface area is 147 Å². The lowest BCUT2D eigenvalue weighted by molar-refractivity contribution is -0.131. The van der Waals surface area contributed by atoms with Gasteiger partial charge in [0.1, 0.15) is 0 Å². The first-order valence-corrected chi connectivity index (χ1v) is 9.64. The molecule has 0 radical (unpaired) electrons. The molecule has 2 atom stereocenters. The van der Waals surface area contributed by atoms with Gasteiger partial charge in [0.15, 0.2) is 0 Å². The van der Waals surface area contributed by atoms with Crippen LogP contribution in [-0.2, 0) is 16.8 Å². The van der Waals surface area contributed by atoms with Crippen molar-refractivity contribution in [2.24, 2.45) is 0 Å². The maximum absolute atomic E-state index is 12.2. The van der Waals surface area contributed by atoms with Gasteiger partial charge in [0, 0.05) is 36.9 Å². The topological polar surface area (TPSA) is 23.6 Å². The highest BCUT2D eigenvalue weighted by molar-refractivity contribution is 7.09. The minimum atomic E-state index is 0.138. The highest BCUT2D eigenvalue weighted by atomic mass is 32.1. The predicted molar refractivity (Wildman–Crippen MR) is 98.1 cm³/mol. The fourth-order valence-electron chi connectivity index (χ4n) is 4.59. The van der Waals surface area contributed by atoms with Crippen molar-refractivity contribution in [3.05, 3.63) is 58.3 Å². The largest absolute Gasteiger partial charge is 0.338 e. The van der Waals surface area contributed by atoms with Crippen LogP contribution in [0.15, 0.2) is 47.8 Å². The summed E-state index contributed by atoms with van der Waals surface area (Å²) < 4.78 is 0. The number of carbonyl (C=O) groups excluding carboxylic acids is 1. The van der Waals surface area contributed by atoms with Gasteiger partial charge in [0.2, 0.25) is 5.91 Å². The molecule has 2 aromatic rings. The molecule has 4 rings (SSSR count). The summed E-state index contributed by atoms with van der Waals surface area (Å²) in [7, 11) is 0. The van der Waals surface area contributed by atoms with Crippen molar-refractivity contribution in [2.45, 2.75) is 37.8 Å². The lowest BCUT2D eigenvalue weighted by atomic mass is 9.69. The van der Waals surface area contributed by atoms with Crippen molar-refractivity contribution < 1.29 is 4.79 Å². The van der Waals surface area contributed by atoms with Crippen LogP contribution in [-0.4, -0.2) is 41.4 Å². The van der Waals surface area contributed by atoms with Crippen molar-refractivity contribution in [3.63, 3.8) is 0 Å². The van der Waals surface area contributed by atoms with Gasteiger partial charge >= 0.3 is 0 Å². The zero-order valence-corrected chi connectivity index (χ0v) is 15.0. The molecule has 0 aliphatic carbocycles. The van der Waals surface area contributed by atoms with Crippen LogP contribution in [0, 0.1) is 0 Å². The van der Waals surface area contributed by atoms with E-state index in [0.29, 0.717) is 6.04 Å². The van der Waals surface area contributed by atoms with Crippen LogP contribution in [0.1, 0.15) is 30.2 Å². The van der Waals surface area contributed by atoms with Crippen molar-refractivity contribution in [3.8, 4) is 0 Å². The molecule has 1 amide bonds. The van der Waals surface area contributed by atoms with Crippen LogP contribution in [0.4, 0.5) is 0 Å². The number of nitrogens with zero attached hydrogens (tertiary/aromatic N) is 2. The van der Waals surface area contributed by atoms with Crippen LogP contribution < -0.4 is 0 Å². The fourth-order valence-corrected chi connectivity index (χ4v) is 5.34. The fraction of sp³-hybridized carbons (Fsp3) is 0.450. The van der Waals surface area contributed by atoms with Crippen molar-refractivity contribution in [1.82, 2.24) is 9.80 Å². The quantitative estimate of drug-likeness (QED) is 0.854. The first-order valence-electron chi connectivity index (χ1n) is 8.76. The predicted octanol–water partition coefficient (Wildman–Crippen LogP) is 3.51. The summed E-state index contributed by atoms with van der Waals surface area (Å²) in [5.74, 6) is 0.218. The molecule has 24 heavy (non-hydrogen) atoms. The molecule has 2 saturated heterocycles. The van der Waals surface area contributed by atoms with Crippen molar-refractivity contribution >= 4 is 17.2 Å². The van der Waals surface area contributed by atoms with E-state index in [-0.39, 0.29) is 11.3 Å². The molecule has 0 N–H and O–H groups in total. The van der Waals surface area contributed by atoms with Crippen LogP contribution in [0.5, 0.6) is 0 Å². The Morgan fingerprint density at radius 1 is 1.17 bits per heavy atom. The maximum Gasteiger partial charge on any atom is 0.219 e. The van der Waals surface area contributed by atoms with E-state index < -0.39 is 0 Å². The third kappa shape index (κ3) is 2.68. The van der Waals surface area contributed by atoms with Gasteiger partial charge in [-0.25, -0.2) is 0 Å². The number of amides is 1. The Balaban J connectivity index is 1.62. The van der Waals surface area contributed by atoms with Gasteiger partial charge in [0.25, 0.3) is 0 Å². The standard InChI is InChI=1S/C20H24N2OS/c1-16(23)22-12-10-20(17-6-3-2-4-7-17)9-11-21(15-19(20)22)14-18-8-5-13-24-18/h2-8,13,19H,9-12,14-15H2,1H3/t19-,20-/m0/s1. The molecule has 1 aromatic heterocycles. The van der Waals surface area contributed by atoms with Crippen LogP contribution in [0.2, 0.25) is 0 Å². The minimum absolute atomic E-state index is 0.138. The van der Waals surface area contributed by atoms with E-state index in [1.54, 1.807) is 6.92 Å². The zero-order chi connectivity index (χ0) is 16.6. The second-order valence-corrected chi connectivity index (χ2v) is 8.10. The third-order valence-electron chi connectivity index (χ3n) is 5.83. The van der Waals surface area contributed by atoms with Gasteiger partial charge in [-0.1, -0.05) is 36.4 Å². The van der Waals surface area contributed by atoms with E-state index in [2.05, 4.69) is 57.6 Å². The summed E-state index contributed by atoms with van der Waals surface area (Å²) in [6.45, 7) is 5.70. The number of hydrogen-bond acceptors (Lipinski definition) is 3. The molecule has 2 aliphatic heterocycles. The first kappa shape index (κ1) is 15.9. The molecule has 2 aliphatic rings. The molecule has 3 nitrogen and oxygen atoms in total. The number of likely N-dealkylation sites (tertiary alicyclic amines) is 2. The Bertz CT molecular complexity index is 700. The van der Waals surface area contributed by atoms with E-state index in [9.17, 15) is 4.79 Å². The summed E-state index contributed by atoms with van der Waals surface area (Å²) in [5, 5.41) is 2.14. The lowest BCUT2D eigenvalue weighted by Gasteiger charge is -2.46. The minimum Gasteiger partial charge on any atom is -0.338 e. The molecule has 0 bridgehead atoms. The van der Waals surface area contributed by atoms with Gasteiger partial charge in [-0.3, -0.25) is 9.69 Å². The maximum atomic E-state index is 12.2. The SMILES string of the molecule is CC(=O)N1CC[C@]2(c3ccccc3)CCN(Cc3cccs3)C[C@H]12. The number of carbonyl (C=O) groups is 1. The molecule has 1 aromatic carbocycles. The molecule has 2 fully saturated rings. The lowest BCUT2D eigenvalue weighted by Crippen LogP contribution is -2.56. The molecule has 0 spiro atoms. The summed E-state index contributed by atoms with van der Waals surface area (Å²) in [6, 6.07) is 15.5. The summed E-state index contributed by atoms with van der Waals surface area (Å²) in [6.07, 6.45) is 2.23. The van der Waals surface area contributed by atoms with Gasteiger partial charge in [-0.05, 0) is 36.4 Å². The van der Waals surface area contributed by atoms with E-state index in [1.165, 1.54) is 10.4 Å². The van der Waals surface area contributed by atoms with Crippen molar-refractivity contribution in [1.29, 1.82) is 0 Å². The number of benzene rings is 1. The van der Waals surface area contributed by atoms with Gasteiger partial charge in [0.05, 0.1) is 6.04 Å². The van der Waals surface area contributed by atoms with Crippen molar-refractivity contribution in [2.75, 3.05) is 19.6 Å². The number of thiophene rings is 1. The highest BCUT2D eigenvalue weighted by Gasteiger charge is 2.51. The van der Waals surface area contributed by atoms with E-state index in [1.807, 2.05) is 11.3 Å². The molecular formula is C20H24N2OS. The highest BCUT2D eigenvalue weighted by Crippen LogP contribution is 2.46. The van der Waals surface area contributed by atoms with E-state index in [0.717, 1.165) is 39.0 Å². The summed E-state index contributed by atoms with van der Waals surface area (Å²) in [5.41, 5.74) is 1.55.